The zero-order valence-electron chi connectivity index (χ0n) is 14.4. The maximum Gasteiger partial charge on any atom is 0.223 e. The van der Waals surface area contributed by atoms with Gasteiger partial charge in [0.2, 0.25) is 5.91 Å². The van der Waals surface area contributed by atoms with Crippen molar-refractivity contribution < 1.29 is 9.18 Å². The lowest BCUT2D eigenvalue weighted by molar-refractivity contribution is -0.134. The van der Waals surface area contributed by atoms with Gasteiger partial charge in [-0.2, -0.15) is 0 Å². The van der Waals surface area contributed by atoms with Gasteiger partial charge in [-0.15, -0.1) is 12.4 Å². The standard InChI is InChI=1S/C20H23FN2O.ClH/c1-15-5-7-16(8-6-15)9-10-20(24)23-12-11-22-14-19(23)17-3-2-4-18(21)13-17;/h2-8,13,19,22H,9-12,14H2,1H3;1H. The summed E-state index contributed by atoms with van der Waals surface area (Å²) in [7, 11) is 0. The van der Waals surface area contributed by atoms with Crippen molar-refractivity contribution in [3.8, 4) is 0 Å². The van der Waals surface area contributed by atoms with E-state index in [1.165, 1.54) is 23.3 Å². The van der Waals surface area contributed by atoms with Gasteiger partial charge in [0.25, 0.3) is 0 Å². The molecule has 0 aliphatic carbocycles. The molecule has 0 radical (unpaired) electrons. The van der Waals surface area contributed by atoms with E-state index in [9.17, 15) is 9.18 Å². The van der Waals surface area contributed by atoms with Crippen molar-refractivity contribution in [3.63, 3.8) is 0 Å². The second kappa shape index (κ2) is 8.97. The molecular formula is C20H24ClFN2O. The summed E-state index contributed by atoms with van der Waals surface area (Å²) in [6.07, 6.45) is 1.22. The van der Waals surface area contributed by atoms with Crippen LogP contribution in [0, 0.1) is 12.7 Å². The van der Waals surface area contributed by atoms with E-state index in [1.54, 1.807) is 6.07 Å². The summed E-state index contributed by atoms with van der Waals surface area (Å²) in [5.41, 5.74) is 3.25. The van der Waals surface area contributed by atoms with E-state index in [4.69, 9.17) is 0 Å². The van der Waals surface area contributed by atoms with Crippen molar-refractivity contribution >= 4 is 18.3 Å². The third kappa shape index (κ3) is 5.03. The summed E-state index contributed by atoms with van der Waals surface area (Å²) in [5, 5.41) is 3.30. The Bertz CT molecular complexity index is 705. The van der Waals surface area contributed by atoms with Crippen LogP contribution in [0.15, 0.2) is 48.5 Å². The lowest BCUT2D eigenvalue weighted by Crippen LogP contribution is -2.48. The maximum absolute atomic E-state index is 13.5. The lowest BCUT2D eigenvalue weighted by Gasteiger charge is -2.36. The molecule has 25 heavy (non-hydrogen) atoms. The molecule has 1 unspecified atom stereocenters. The van der Waals surface area contributed by atoms with Gasteiger partial charge in [-0.05, 0) is 36.6 Å². The zero-order chi connectivity index (χ0) is 16.9. The number of carbonyl (C=O) groups excluding carboxylic acids is 1. The van der Waals surface area contributed by atoms with Crippen molar-refractivity contribution in [3.05, 3.63) is 71.0 Å². The van der Waals surface area contributed by atoms with Crippen LogP contribution >= 0.6 is 12.4 Å². The predicted molar refractivity (Wildman–Crippen MR) is 100 cm³/mol. The van der Waals surface area contributed by atoms with Crippen LogP contribution in [0.1, 0.15) is 29.2 Å². The maximum atomic E-state index is 13.5. The van der Waals surface area contributed by atoms with Gasteiger partial charge in [0.05, 0.1) is 6.04 Å². The van der Waals surface area contributed by atoms with E-state index < -0.39 is 0 Å². The first-order valence-electron chi connectivity index (χ1n) is 8.45. The quantitative estimate of drug-likeness (QED) is 0.900. The Labute approximate surface area is 154 Å². The molecule has 1 fully saturated rings. The minimum atomic E-state index is -0.259. The van der Waals surface area contributed by atoms with Crippen LogP contribution in [0.25, 0.3) is 0 Å². The highest BCUT2D eigenvalue weighted by molar-refractivity contribution is 5.85. The molecule has 5 heteroatoms. The molecule has 1 heterocycles. The van der Waals surface area contributed by atoms with Gasteiger partial charge in [0, 0.05) is 26.1 Å². The monoisotopic (exact) mass is 362 g/mol. The van der Waals surface area contributed by atoms with Crippen LogP contribution in [0.5, 0.6) is 0 Å². The van der Waals surface area contributed by atoms with Gasteiger partial charge in [0.1, 0.15) is 5.82 Å². The highest BCUT2D eigenvalue weighted by Crippen LogP contribution is 2.24. The van der Waals surface area contributed by atoms with Crippen LogP contribution in [0.4, 0.5) is 4.39 Å². The van der Waals surface area contributed by atoms with E-state index in [2.05, 4.69) is 36.5 Å². The minimum Gasteiger partial charge on any atom is -0.333 e. The highest BCUT2D eigenvalue weighted by Gasteiger charge is 2.27. The molecule has 1 saturated heterocycles. The van der Waals surface area contributed by atoms with E-state index in [0.717, 1.165) is 18.5 Å². The molecule has 0 spiro atoms. The highest BCUT2D eigenvalue weighted by atomic mass is 35.5. The van der Waals surface area contributed by atoms with Crippen LogP contribution in [0.3, 0.4) is 0 Å². The summed E-state index contributed by atoms with van der Waals surface area (Å²) >= 11 is 0. The number of piperazine rings is 1. The average molecular weight is 363 g/mol. The van der Waals surface area contributed by atoms with Crippen molar-refractivity contribution in [2.45, 2.75) is 25.8 Å². The molecule has 1 aliphatic rings. The fourth-order valence-corrected chi connectivity index (χ4v) is 3.16. The number of carbonyl (C=O) groups is 1. The summed E-state index contributed by atoms with van der Waals surface area (Å²) < 4.78 is 13.5. The number of halogens is 2. The molecule has 0 aromatic heterocycles. The first-order valence-corrected chi connectivity index (χ1v) is 8.45. The van der Waals surface area contributed by atoms with Crippen LogP contribution in [-0.4, -0.2) is 30.4 Å². The second-order valence-corrected chi connectivity index (χ2v) is 6.35. The topological polar surface area (TPSA) is 32.3 Å². The summed E-state index contributed by atoms with van der Waals surface area (Å²) in [4.78, 5) is 14.6. The number of nitrogens with zero attached hydrogens (tertiary/aromatic N) is 1. The van der Waals surface area contributed by atoms with Crippen LogP contribution in [0.2, 0.25) is 0 Å². The normalized spacial score (nSPS) is 17.0. The molecule has 1 N–H and O–H groups in total. The van der Waals surface area contributed by atoms with Crippen LogP contribution < -0.4 is 5.32 Å². The molecule has 1 amide bonds. The van der Waals surface area contributed by atoms with Crippen molar-refractivity contribution in [2.24, 2.45) is 0 Å². The Hall–Kier alpha value is -1.91. The first kappa shape index (κ1) is 19.4. The largest absolute Gasteiger partial charge is 0.333 e. The van der Waals surface area contributed by atoms with Gasteiger partial charge in [-0.3, -0.25) is 4.79 Å². The Kier molecular flexibility index (Phi) is 6.97. The van der Waals surface area contributed by atoms with Crippen molar-refractivity contribution in [2.75, 3.05) is 19.6 Å². The second-order valence-electron chi connectivity index (χ2n) is 6.35. The molecule has 0 saturated carbocycles. The third-order valence-electron chi connectivity index (χ3n) is 4.55. The Morgan fingerprint density at radius 3 is 2.72 bits per heavy atom. The SMILES string of the molecule is Cc1ccc(CCC(=O)N2CCNCC2c2cccc(F)c2)cc1.Cl. The number of benzene rings is 2. The van der Waals surface area contributed by atoms with Crippen molar-refractivity contribution in [1.82, 2.24) is 10.2 Å². The fourth-order valence-electron chi connectivity index (χ4n) is 3.16. The van der Waals surface area contributed by atoms with E-state index in [-0.39, 0.29) is 30.2 Å². The Morgan fingerprint density at radius 1 is 1.24 bits per heavy atom. The number of hydrogen-bond acceptors (Lipinski definition) is 2. The Balaban J connectivity index is 0.00000225. The van der Waals surface area contributed by atoms with Crippen molar-refractivity contribution in [1.29, 1.82) is 0 Å². The summed E-state index contributed by atoms with van der Waals surface area (Å²) in [5.74, 6) is -0.128. The molecule has 0 bridgehead atoms. The smallest absolute Gasteiger partial charge is 0.223 e. The van der Waals surface area contributed by atoms with E-state index in [1.807, 2.05) is 11.0 Å². The molecule has 3 rings (SSSR count). The number of aryl methyl sites for hydroxylation is 2. The Morgan fingerprint density at radius 2 is 2.00 bits per heavy atom. The fraction of sp³-hybridized carbons (Fsp3) is 0.350. The first-order chi connectivity index (χ1) is 11.6. The third-order valence-corrected chi connectivity index (χ3v) is 4.55. The number of amides is 1. The predicted octanol–water partition coefficient (Wildman–Crippen LogP) is 3.66. The average Bonchev–Trinajstić information content (AvgIpc) is 2.61. The summed E-state index contributed by atoms with van der Waals surface area (Å²) in [6.45, 7) is 4.16. The molecule has 2 aromatic carbocycles. The van der Waals surface area contributed by atoms with Gasteiger partial charge in [-0.25, -0.2) is 4.39 Å². The lowest BCUT2D eigenvalue weighted by atomic mass is 10.0. The number of hydrogen-bond donors (Lipinski definition) is 1. The molecule has 134 valence electrons. The number of nitrogens with one attached hydrogen (secondary N) is 1. The molecule has 1 aliphatic heterocycles. The van der Waals surface area contributed by atoms with E-state index in [0.29, 0.717) is 19.5 Å². The molecule has 3 nitrogen and oxygen atoms in total. The zero-order valence-corrected chi connectivity index (χ0v) is 15.2. The number of rotatable bonds is 4. The van der Waals surface area contributed by atoms with Crippen LogP contribution in [-0.2, 0) is 11.2 Å². The van der Waals surface area contributed by atoms with E-state index >= 15 is 0 Å². The molecule has 2 aromatic rings. The van der Waals surface area contributed by atoms with Gasteiger partial charge >= 0.3 is 0 Å². The minimum absolute atomic E-state index is 0. The van der Waals surface area contributed by atoms with Gasteiger partial charge in [-0.1, -0.05) is 42.0 Å². The molecular weight excluding hydrogens is 339 g/mol. The van der Waals surface area contributed by atoms with Gasteiger partial charge < -0.3 is 10.2 Å². The van der Waals surface area contributed by atoms with Gasteiger partial charge in [0.15, 0.2) is 0 Å². The summed E-state index contributed by atoms with van der Waals surface area (Å²) in [6, 6.07) is 14.7. The molecule has 1 atom stereocenters.